The minimum absolute atomic E-state index is 0.284. The number of halogens is 3. The molecule has 0 spiro atoms. The van der Waals surface area contributed by atoms with Gasteiger partial charge in [0.1, 0.15) is 0 Å². The van der Waals surface area contributed by atoms with Crippen LogP contribution in [0.25, 0.3) is 0 Å². The molecular weight excluding hydrogens is 263 g/mol. The number of alkyl halides is 3. The van der Waals surface area contributed by atoms with E-state index >= 15 is 0 Å². The smallest absolute Gasteiger partial charge is 0.355 e. The summed E-state index contributed by atoms with van der Waals surface area (Å²) in [5.74, 6) is -0.311. The van der Waals surface area contributed by atoms with Crippen LogP contribution >= 0.6 is 11.8 Å². The number of amides is 1. The lowest BCUT2D eigenvalue weighted by Gasteiger charge is -2.21. The van der Waals surface area contributed by atoms with Crippen LogP contribution in [0.3, 0.4) is 0 Å². The second-order valence-electron chi connectivity index (χ2n) is 4.73. The summed E-state index contributed by atoms with van der Waals surface area (Å²) in [5, 5.41) is 2.54. The molecule has 0 aromatic rings. The normalized spacial score (nSPS) is 17.7. The third-order valence-electron chi connectivity index (χ3n) is 3.20. The molecule has 0 radical (unpaired) electrons. The van der Waals surface area contributed by atoms with Gasteiger partial charge >= 0.3 is 5.51 Å². The van der Waals surface area contributed by atoms with Crippen molar-refractivity contribution in [2.75, 3.05) is 12.3 Å². The zero-order valence-corrected chi connectivity index (χ0v) is 11.2. The molecule has 0 bridgehead atoms. The van der Waals surface area contributed by atoms with Crippen LogP contribution in [0.1, 0.15) is 44.9 Å². The second kappa shape index (κ2) is 7.92. The lowest BCUT2D eigenvalue weighted by Crippen LogP contribution is -2.27. The summed E-state index contributed by atoms with van der Waals surface area (Å²) in [6.45, 7) is 0.494. The monoisotopic (exact) mass is 283 g/mol. The summed E-state index contributed by atoms with van der Waals surface area (Å²) in [5.41, 5.74) is -4.32. The molecule has 0 unspecified atom stereocenters. The van der Waals surface area contributed by atoms with Crippen molar-refractivity contribution >= 4 is 17.7 Å². The standard InChI is InChI=1S/C12H20F3NOS/c13-12(14,15)18-9-11(17)16-8-4-7-10-5-2-1-3-6-10/h10H,1-9H2,(H,16,17). The lowest BCUT2D eigenvalue weighted by molar-refractivity contribution is -0.118. The van der Waals surface area contributed by atoms with Gasteiger partial charge in [-0.25, -0.2) is 0 Å². The van der Waals surface area contributed by atoms with Crippen molar-refractivity contribution in [2.45, 2.75) is 50.5 Å². The lowest BCUT2D eigenvalue weighted by atomic mass is 9.86. The maximum atomic E-state index is 11.8. The molecule has 18 heavy (non-hydrogen) atoms. The molecule has 0 heterocycles. The van der Waals surface area contributed by atoms with E-state index in [9.17, 15) is 18.0 Å². The number of carbonyl (C=O) groups is 1. The Balaban J connectivity index is 1.98. The average Bonchev–Trinajstić information content (AvgIpc) is 2.33. The third kappa shape index (κ3) is 7.84. The topological polar surface area (TPSA) is 29.1 Å². The molecular formula is C12H20F3NOS. The first-order chi connectivity index (χ1) is 8.47. The Bertz CT molecular complexity index is 252. The minimum Gasteiger partial charge on any atom is -0.355 e. The fourth-order valence-electron chi connectivity index (χ4n) is 2.29. The maximum absolute atomic E-state index is 11.8. The molecule has 0 aliphatic heterocycles. The van der Waals surface area contributed by atoms with Crippen molar-refractivity contribution in [1.82, 2.24) is 5.32 Å². The van der Waals surface area contributed by atoms with E-state index in [0.717, 1.165) is 18.8 Å². The number of rotatable bonds is 6. The van der Waals surface area contributed by atoms with Gasteiger partial charge in [0.05, 0.1) is 5.75 Å². The average molecular weight is 283 g/mol. The van der Waals surface area contributed by atoms with Gasteiger partial charge < -0.3 is 5.32 Å². The molecule has 1 fully saturated rings. The quantitative estimate of drug-likeness (QED) is 0.753. The van der Waals surface area contributed by atoms with Crippen LogP contribution in [0.5, 0.6) is 0 Å². The molecule has 0 atom stereocenters. The third-order valence-corrected chi connectivity index (χ3v) is 3.94. The summed E-state index contributed by atoms with van der Waals surface area (Å²) in [6, 6.07) is 0. The van der Waals surface area contributed by atoms with Gasteiger partial charge in [-0.05, 0) is 30.5 Å². The fraction of sp³-hybridized carbons (Fsp3) is 0.917. The zero-order valence-electron chi connectivity index (χ0n) is 10.4. The minimum atomic E-state index is -4.32. The highest BCUT2D eigenvalue weighted by molar-refractivity contribution is 8.00. The number of hydrogen-bond donors (Lipinski definition) is 1. The molecule has 0 aromatic heterocycles. The van der Waals surface area contributed by atoms with Crippen molar-refractivity contribution in [1.29, 1.82) is 0 Å². The van der Waals surface area contributed by atoms with E-state index in [0.29, 0.717) is 6.54 Å². The van der Waals surface area contributed by atoms with Gasteiger partial charge in [0, 0.05) is 6.54 Å². The molecule has 1 amide bonds. The summed E-state index contributed by atoms with van der Waals surface area (Å²) in [4.78, 5) is 11.1. The van der Waals surface area contributed by atoms with Crippen LogP contribution in [0, 0.1) is 5.92 Å². The van der Waals surface area contributed by atoms with Gasteiger partial charge in [0.2, 0.25) is 5.91 Å². The van der Waals surface area contributed by atoms with Crippen LogP contribution in [-0.2, 0) is 4.79 Å². The Kier molecular flexibility index (Phi) is 6.89. The van der Waals surface area contributed by atoms with Crippen LogP contribution < -0.4 is 5.32 Å². The van der Waals surface area contributed by atoms with Crippen molar-refractivity contribution in [2.24, 2.45) is 5.92 Å². The summed E-state index contributed by atoms with van der Waals surface area (Å²) in [6.07, 6.45) is 8.37. The van der Waals surface area contributed by atoms with Gasteiger partial charge in [-0.2, -0.15) is 13.2 Å². The first kappa shape index (κ1) is 15.7. The first-order valence-corrected chi connectivity index (χ1v) is 7.43. The Labute approximate surface area is 110 Å². The molecule has 6 heteroatoms. The van der Waals surface area contributed by atoms with Crippen molar-refractivity contribution in [3.8, 4) is 0 Å². The van der Waals surface area contributed by atoms with Crippen molar-refractivity contribution in [3.63, 3.8) is 0 Å². The molecule has 1 rings (SSSR count). The van der Waals surface area contributed by atoms with Crippen molar-refractivity contribution < 1.29 is 18.0 Å². The maximum Gasteiger partial charge on any atom is 0.442 e. The number of nitrogens with one attached hydrogen (secondary N) is 1. The van der Waals surface area contributed by atoms with E-state index in [2.05, 4.69) is 5.32 Å². The van der Waals surface area contributed by atoms with E-state index in [4.69, 9.17) is 0 Å². The van der Waals surface area contributed by atoms with Gasteiger partial charge in [0.25, 0.3) is 0 Å². The van der Waals surface area contributed by atoms with Crippen LogP contribution in [-0.4, -0.2) is 23.7 Å². The molecule has 1 aliphatic rings. The van der Waals surface area contributed by atoms with Gasteiger partial charge in [-0.15, -0.1) is 0 Å². The number of thioether (sulfide) groups is 1. The summed E-state index contributed by atoms with van der Waals surface area (Å²) < 4.78 is 35.5. The van der Waals surface area contributed by atoms with E-state index in [1.165, 1.54) is 32.1 Å². The van der Waals surface area contributed by atoms with E-state index in [1.54, 1.807) is 0 Å². The Morgan fingerprint density at radius 2 is 1.89 bits per heavy atom. The SMILES string of the molecule is O=C(CSC(F)(F)F)NCCCC1CCCCC1. The fourth-order valence-corrected chi connectivity index (χ4v) is 2.69. The van der Waals surface area contributed by atoms with E-state index in [-0.39, 0.29) is 11.8 Å². The summed E-state index contributed by atoms with van der Waals surface area (Å²) in [7, 11) is 0. The van der Waals surface area contributed by atoms with Crippen LogP contribution in [0.2, 0.25) is 0 Å². The van der Waals surface area contributed by atoms with E-state index < -0.39 is 17.2 Å². The largest absolute Gasteiger partial charge is 0.442 e. The second-order valence-corrected chi connectivity index (χ2v) is 5.77. The zero-order chi connectivity index (χ0) is 13.4. The Hall–Kier alpha value is -0.390. The van der Waals surface area contributed by atoms with Crippen LogP contribution in [0.4, 0.5) is 13.2 Å². The molecule has 2 nitrogen and oxygen atoms in total. The Morgan fingerprint density at radius 3 is 2.50 bits per heavy atom. The van der Waals surface area contributed by atoms with Crippen molar-refractivity contribution in [3.05, 3.63) is 0 Å². The summed E-state index contributed by atoms with van der Waals surface area (Å²) >= 11 is -0.284. The Morgan fingerprint density at radius 1 is 1.22 bits per heavy atom. The van der Waals surface area contributed by atoms with Gasteiger partial charge in [-0.3, -0.25) is 4.79 Å². The first-order valence-electron chi connectivity index (χ1n) is 6.45. The molecule has 0 saturated heterocycles. The van der Waals surface area contributed by atoms with Gasteiger partial charge in [-0.1, -0.05) is 32.1 Å². The molecule has 0 aromatic carbocycles. The predicted octanol–water partition coefficient (Wildman–Crippen LogP) is 3.72. The van der Waals surface area contributed by atoms with Crippen LogP contribution in [0.15, 0.2) is 0 Å². The van der Waals surface area contributed by atoms with E-state index in [1.807, 2.05) is 0 Å². The highest BCUT2D eigenvalue weighted by atomic mass is 32.2. The molecule has 1 aliphatic carbocycles. The molecule has 1 saturated carbocycles. The van der Waals surface area contributed by atoms with Gasteiger partial charge in [0.15, 0.2) is 0 Å². The highest BCUT2D eigenvalue weighted by Gasteiger charge is 2.29. The molecule has 106 valence electrons. The number of hydrogen-bond acceptors (Lipinski definition) is 2. The molecule has 1 N–H and O–H groups in total. The predicted molar refractivity (Wildman–Crippen MR) is 67.3 cm³/mol. The highest BCUT2D eigenvalue weighted by Crippen LogP contribution is 2.29. The number of carbonyl (C=O) groups excluding carboxylic acids is 1.